The number of hydrogen-bond acceptors (Lipinski definition) is 3. The van der Waals surface area contributed by atoms with E-state index in [2.05, 4.69) is 4.98 Å². The predicted octanol–water partition coefficient (Wildman–Crippen LogP) is 2.94. The van der Waals surface area contributed by atoms with Gasteiger partial charge in [-0.25, -0.2) is 4.98 Å². The van der Waals surface area contributed by atoms with Crippen LogP contribution in [0.1, 0.15) is 17.6 Å². The van der Waals surface area contributed by atoms with Crippen LogP contribution in [-0.4, -0.2) is 4.98 Å². The fraction of sp³-hybridized carbons (Fsp3) is 0.250. The molecule has 0 aromatic carbocycles. The van der Waals surface area contributed by atoms with Gasteiger partial charge >= 0.3 is 0 Å². The second-order valence-electron chi connectivity index (χ2n) is 2.30. The number of aromatic nitrogens is 1. The number of hydrogen-bond donors (Lipinski definition) is 0. The van der Waals surface area contributed by atoms with Crippen molar-refractivity contribution in [2.75, 3.05) is 0 Å². The molecule has 1 heterocycles. The maximum absolute atomic E-state index is 8.56. The van der Waals surface area contributed by atoms with Crippen molar-refractivity contribution in [1.82, 2.24) is 4.98 Å². The lowest BCUT2D eigenvalue weighted by Gasteiger charge is -1.92. The largest absolute Gasteiger partial charge is 0.241 e. The minimum atomic E-state index is 0.446. The number of nitriles is 1. The van der Waals surface area contributed by atoms with Gasteiger partial charge in [0.25, 0.3) is 0 Å². The summed E-state index contributed by atoms with van der Waals surface area (Å²) in [4.78, 5) is 4.16. The Labute approximate surface area is 80.1 Å². The zero-order valence-electron chi connectivity index (χ0n) is 6.76. The number of halogens is 1. The zero-order valence-corrected chi connectivity index (χ0v) is 8.33. The Bertz CT molecular complexity index is 359. The number of rotatable bonds is 1. The number of aryl methyl sites for hydroxylation is 1. The second-order valence-corrected chi connectivity index (χ2v) is 3.74. The molecule has 0 aliphatic heterocycles. The van der Waals surface area contributed by atoms with Crippen LogP contribution < -0.4 is 0 Å². The van der Waals surface area contributed by atoms with Gasteiger partial charge in [0, 0.05) is 11.0 Å². The van der Waals surface area contributed by atoms with Crippen LogP contribution in [0.5, 0.6) is 0 Å². The third-order valence-corrected chi connectivity index (χ3v) is 2.59. The number of thiazole rings is 1. The molecule has 1 aromatic heterocycles. The summed E-state index contributed by atoms with van der Waals surface area (Å²) in [7, 11) is 0. The molecule has 4 heteroatoms. The normalized spacial score (nSPS) is 12.2. The van der Waals surface area contributed by atoms with Gasteiger partial charge in [0.2, 0.25) is 0 Å². The Kier molecular flexibility index (Phi) is 2.85. The Morgan fingerprint density at radius 3 is 2.83 bits per heavy atom. The van der Waals surface area contributed by atoms with Crippen LogP contribution in [0.3, 0.4) is 0 Å². The van der Waals surface area contributed by atoms with Gasteiger partial charge in [-0.2, -0.15) is 5.26 Å². The topological polar surface area (TPSA) is 36.7 Å². The first kappa shape index (κ1) is 9.24. The first-order chi connectivity index (χ1) is 5.65. The molecule has 0 radical (unpaired) electrons. The molecular weight excluding hydrogens is 192 g/mol. The summed E-state index contributed by atoms with van der Waals surface area (Å²) in [5.74, 6) is 0. The van der Waals surface area contributed by atoms with E-state index in [1.165, 1.54) is 11.3 Å². The van der Waals surface area contributed by atoms with Crippen molar-refractivity contribution in [2.45, 2.75) is 13.8 Å². The first-order valence-corrected chi connectivity index (χ1v) is 4.60. The van der Waals surface area contributed by atoms with Gasteiger partial charge in [-0.3, -0.25) is 0 Å². The minimum Gasteiger partial charge on any atom is -0.241 e. The smallest absolute Gasteiger partial charge is 0.0960 e. The Morgan fingerprint density at radius 1 is 1.75 bits per heavy atom. The van der Waals surface area contributed by atoms with Crippen molar-refractivity contribution in [2.24, 2.45) is 0 Å². The summed E-state index contributed by atoms with van der Waals surface area (Å²) in [6.07, 6.45) is 0. The van der Waals surface area contributed by atoms with Crippen LogP contribution in [0.4, 0.5) is 0 Å². The molecule has 1 aromatic rings. The quantitative estimate of drug-likeness (QED) is 0.651. The summed E-state index contributed by atoms with van der Waals surface area (Å²) in [5, 5.41) is 11.8. The van der Waals surface area contributed by atoms with Gasteiger partial charge in [0.05, 0.1) is 21.8 Å². The van der Waals surface area contributed by atoms with Crippen LogP contribution in [0, 0.1) is 18.3 Å². The summed E-state index contributed by atoms with van der Waals surface area (Å²) in [6.45, 7) is 3.58. The summed E-state index contributed by atoms with van der Waals surface area (Å²) >= 11 is 7.39. The van der Waals surface area contributed by atoms with Crippen molar-refractivity contribution in [3.8, 4) is 6.07 Å². The van der Waals surface area contributed by atoms with Gasteiger partial charge in [0.1, 0.15) is 0 Å². The van der Waals surface area contributed by atoms with E-state index in [1.54, 1.807) is 6.92 Å². The van der Waals surface area contributed by atoms with Crippen molar-refractivity contribution in [3.63, 3.8) is 0 Å². The monoisotopic (exact) mass is 198 g/mol. The molecule has 1 rings (SSSR count). The lowest BCUT2D eigenvalue weighted by Crippen LogP contribution is -1.80. The van der Waals surface area contributed by atoms with Gasteiger partial charge in [-0.1, -0.05) is 11.6 Å². The maximum Gasteiger partial charge on any atom is 0.0960 e. The van der Waals surface area contributed by atoms with E-state index in [1.807, 2.05) is 18.4 Å². The average molecular weight is 199 g/mol. The number of nitrogens with zero attached hydrogens (tertiary/aromatic N) is 2. The molecule has 0 saturated heterocycles. The highest BCUT2D eigenvalue weighted by Gasteiger charge is 2.05. The summed E-state index contributed by atoms with van der Waals surface area (Å²) < 4.78 is 0. The van der Waals surface area contributed by atoms with E-state index in [-0.39, 0.29) is 0 Å². The first-order valence-electron chi connectivity index (χ1n) is 3.34. The fourth-order valence-corrected chi connectivity index (χ4v) is 1.51. The van der Waals surface area contributed by atoms with Gasteiger partial charge in [0.15, 0.2) is 0 Å². The third-order valence-electron chi connectivity index (χ3n) is 1.34. The molecule has 0 amide bonds. The van der Waals surface area contributed by atoms with Gasteiger partial charge in [-0.05, 0) is 13.8 Å². The average Bonchev–Trinajstić information content (AvgIpc) is 2.49. The van der Waals surface area contributed by atoms with Crippen LogP contribution in [-0.2, 0) is 0 Å². The Morgan fingerprint density at radius 2 is 2.42 bits per heavy atom. The standard InChI is InChI=1S/C8H7ClN2S/c1-5(3-10)8(9)7-4-12-6(2)11-7/h4H,1-2H3. The highest BCUT2D eigenvalue weighted by molar-refractivity contribution is 7.09. The molecule has 0 aliphatic carbocycles. The molecular formula is C8H7ClN2S. The van der Waals surface area contributed by atoms with Crippen LogP contribution in [0.25, 0.3) is 5.03 Å². The molecule has 0 aliphatic rings. The molecule has 0 spiro atoms. The highest BCUT2D eigenvalue weighted by Crippen LogP contribution is 2.23. The van der Waals surface area contributed by atoms with E-state index >= 15 is 0 Å². The lowest BCUT2D eigenvalue weighted by molar-refractivity contribution is 1.26. The summed E-state index contributed by atoms with van der Waals surface area (Å²) in [6, 6.07) is 1.98. The molecule has 0 saturated carbocycles. The molecule has 2 nitrogen and oxygen atoms in total. The second kappa shape index (κ2) is 3.70. The van der Waals surface area contributed by atoms with Crippen LogP contribution >= 0.6 is 22.9 Å². The molecule has 62 valence electrons. The van der Waals surface area contributed by atoms with Crippen molar-refractivity contribution < 1.29 is 0 Å². The lowest BCUT2D eigenvalue weighted by atomic mass is 10.3. The van der Waals surface area contributed by atoms with E-state index in [0.717, 1.165) is 5.01 Å². The van der Waals surface area contributed by atoms with E-state index in [4.69, 9.17) is 16.9 Å². The van der Waals surface area contributed by atoms with Crippen molar-refractivity contribution >= 4 is 28.0 Å². The Hall–Kier alpha value is -0.850. The predicted molar refractivity (Wildman–Crippen MR) is 50.9 cm³/mol. The molecule has 0 atom stereocenters. The van der Waals surface area contributed by atoms with E-state index in [9.17, 15) is 0 Å². The number of allylic oxidation sites excluding steroid dienone is 1. The zero-order chi connectivity index (χ0) is 9.14. The summed E-state index contributed by atoms with van der Waals surface area (Å²) in [5.41, 5.74) is 1.19. The Balaban J connectivity index is 3.09. The highest BCUT2D eigenvalue weighted by atomic mass is 35.5. The van der Waals surface area contributed by atoms with Crippen LogP contribution in [0.15, 0.2) is 11.0 Å². The minimum absolute atomic E-state index is 0.446. The van der Waals surface area contributed by atoms with E-state index in [0.29, 0.717) is 16.3 Å². The molecule has 0 N–H and O–H groups in total. The SMILES string of the molecule is CC(C#N)=C(Cl)c1csc(C)n1. The van der Waals surface area contributed by atoms with Gasteiger partial charge in [-0.15, -0.1) is 11.3 Å². The van der Waals surface area contributed by atoms with Crippen molar-refractivity contribution in [1.29, 1.82) is 5.26 Å². The van der Waals surface area contributed by atoms with Crippen LogP contribution in [0.2, 0.25) is 0 Å². The van der Waals surface area contributed by atoms with Crippen molar-refractivity contribution in [3.05, 3.63) is 21.7 Å². The van der Waals surface area contributed by atoms with E-state index < -0.39 is 0 Å². The molecule has 0 unspecified atom stereocenters. The maximum atomic E-state index is 8.56. The molecule has 12 heavy (non-hydrogen) atoms. The van der Waals surface area contributed by atoms with Gasteiger partial charge < -0.3 is 0 Å². The fourth-order valence-electron chi connectivity index (χ4n) is 0.705. The molecule has 0 fully saturated rings. The molecule has 0 bridgehead atoms. The third kappa shape index (κ3) is 1.84.